The summed E-state index contributed by atoms with van der Waals surface area (Å²) in [6.07, 6.45) is 4.39. The zero-order valence-corrected chi connectivity index (χ0v) is 34.4. The van der Waals surface area contributed by atoms with Gasteiger partial charge in [-0.1, -0.05) is 12.1 Å². The Morgan fingerprint density at radius 3 is 1.47 bits per heavy atom. The molecule has 0 spiro atoms. The molecule has 3 heterocycles. The molecule has 4 aromatic carbocycles. The van der Waals surface area contributed by atoms with E-state index in [0.29, 0.717) is 58.2 Å². The van der Waals surface area contributed by atoms with Crippen LogP contribution in [0.2, 0.25) is 0 Å². The van der Waals surface area contributed by atoms with Crippen LogP contribution in [-0.2, 0) is 0 Å². The molecule has 1 aliphatic heterocycles. The van der Waals surface area contributed by atoms with Crippen molar-refractivity contribution < 1.29 is 9.47 Å². The number of benzene rings is 4. The van der Waals surface area contributed by atoms with Gasteiger partial charge in [0.2, 0.25) is 0 Å². The molecule has 0 saturated carbocycles. The molecular formula is C48H46N8O4. The van der Waals surface area contributed by atoms with Crippen LogP contribution in [0.5, 0.6) is 11.5 Å². The smallest absolute Gasteiger partial charge is 0.273 e. The van der Waals surface area contributed by atoms with Crippen LogP contribution < -0.4 is 20.6 Å². The van der Waals surface area contributed by atoms with Crippen LogP contribution in [-0.4, -0.2) is 72.4 Å². The van der Waals surface area contributed by atoms with E-state index in [1.54, 1.807) is 48.5 Å². The highest BCUT2D eigenvalue weighted by Crippen LogP contribution is 2.26. The van der Waals surface area contributed by atoms with Gasteiger partial charge in [-0.2, -0.15) is 21.0 Å². The number of rotatable bonds is 12. The highest BCUT2D eigenvalue weighted by atomic mass is 16.5. The molecule has 0 unspecified atom stereocenters. The number of pyridine rings is 2. The number of nitriles is 4. The molecule has 0 amide bonds. The van der Waals surface area contributed by atoms with Crippen molar-refractivity contribution >= 4 is 21.8 Å². The minimum Gasteiger partial charge on any atom is -0.493 e. The lowest BCUT2D eigenvalue weighted by Crippen LogP contribution is -2.22. The second-order valence-corrected chi connectivity index (χ2v) is 15.0. The molecule has 7 rings (SSSR count). The van der Waals surface area contributed by atoms with E-state index in [4.69, 9.17) is 9.47 Å². The number of aryl methyl sites for hydroxylation is 2. The molecule has 1 saturated heterocycles. The van der Waals surface area contributed by atoms with Gasteiger partial charge in [0.25, 0.3) is 11.1 Å². The van der Waals surface area contributed by atoms with Crippen LogP contribution in [0.1, 0.15) is 59.1 Å². The first kappa shape index (κ1) is 42.4. The minimum absolute atomic E-state index is 0.0521. The largest absolute Gasteiger partial charge is 0.493 e. The number of hydrogen-bond donors (Lipinski definition) is 0. The Morgan fingerprint density at radius 1 is 0.583 bits per heavy atom. The lowest BCUT2D eigenvalue weighted by Gasteiger charge is -2.16. The highest BCUT2D eigenvalue weighted by Gasteiger charge is 2.16. The van der Waals surface area contributed by atoms with E-state index < -0.39 is 11.1 Å². The number of fused-ring (bicyclic) bond motifs is 2. The molecule has 2 aromatic heterocycles. The van der Waals surface area contributed by atoms with Crippen molar-refractivity contribution in [3.8, 4) is 47.2 Å². The summed E-state index contributed by atoms with van der Waals surface area (Å²) in [5.41, 5.74) is 4.31. The van der Waals surface area contributed by atoms with E-state index in [9.17, 15) is 30.6 Å². The fraction of sp³-hybridized carbons (Fsp3) is 0.292. The third kappa shape index (κ3) is 9.72. The van der Waals surface area contributed by atoms with Crippen molar-refractivity contribution in [3.05, 3.63) is 139 Å². The lowest BCUT2D eigenvalue weighted by atomic mass is 10.1. The maximum atomic E-state index is 13.0. The third-order valence-electron chi connectivity index (χ3n) is 10.5. The summed E-state index contributed by atoms with van der Waals surface area (Å²) in [6.45, 7) is 9.15. The van der Waals surface area contributed by atoms with Crippen molar-refractivity contribution in [2.75, 3.05) is 53.5 Å². The third-order valence-corrected chi connectivity index (χ3v) is 10.5. The second-order valence-electron chi connectivity index (χ2n) is 15.0. The second kappa shape index (κ2) is 19.5. The summed E-state index contributed by atoms with van der Waals surface area (Å²) in [5.74, 6) is 1.33. The first-order chi connectivity index (χ1) is 29.0. The molecule has 0 atom stereocenters. The van der Waals surface area contributed by atoms with E-state index in [1.165, 1.54) is 35.1 Å². The molecule has 0 radical (unpaired) electrons. The first-order valence-corrected chi connectivity index (χ1v) is 19.9. The number of likely N-dealkylation sites (tertiary alicyclic amines) is 1. The molecule has 1 aliphatic rings. The van der Waals surface area contributed by atoms with Crippen LogP contribution in [0.25, 0.3) is 33.2 Å². The Kier molecular flexibility index (Phi) is 13.8. The summed E-state index contributed by atoms with van der Waals surface area (Å²) in [6, 6.07) is 33.0. The summed E-state index contributed by atoms with van der Waals surface area (Å²) in [7, 11) is 4.02. The molecule has 12 nitrogen and oxygen atoms in total. The Balaban J connectivity index is 0.000000202. The standard InChI is InChI=1S/C25H24N4O2.C23H22N4O2/c1-18-5-7-22(14-20(18)16-26)29-24-15-23(31-12-4-11-28-9-2-3-10-28)8-6-19(24)13-21(17-27)25(29)30;1-16-5-7-20(12-18(16)14-24)27-22-13-21(29-10-4-9-26(2)3)8-6-17(22)11-19(15-25)23(27)28/h5-8,13-15H,2-4,9-12H2,1H3;5-8,11-13H,4,9-10H2,1-3H3. The van der Waals surface area contributed by atoms with Crippen LogP contribution in [0.3, 0.4) is 0 Å². The Hall–Kier alpha value is -7.22. The number of hydrogen-bond acceptors (Lipinski definition) is 10. The summed E-state index contributed by atoms with van der Waals surface area (Å²) < 4.78 is 14.8. The highest BCUT2D eigenvalue weighted by molar-refractivity contribution is 5.84. The molecule has 6 aromatic rings. The van der Waals surface area contributed by atoms with Gasteiger partial charge in [0.1, 0.15) is 34.8 Å². The maximum absolute atomic E-state index is 13.0. The number of ether oxygens (including phenoxy) is 2. The van der Waals surface area contributed by atoms with Gasteiger partial charge >= 0.3 is 0 Å². The maximum Gasteiger partial charge on any atom is 0.273 e. The van der Waals surface area contributed by atoms with E-state index in [0.717, 1.165) is 47.8 Å². The van der Waals surface area contributed by atoms with E-state index in [2.05, 4.69) is 21.9 Å². The zero-order valence-electron chi connectivity index (χ0n) is 34.4. The van der Waals surface area contributed by atoms with E-state index >= 15 is 0 Å². The average molecular weight is 799 g/mol. The number of nitrogens with zero attached hydrogens (tertiary/aromatic N) is 8. The van der Waals surface area contributed by atoms with Crippen molar-refractivity contribution in [1.29, 1.82) is 21.0 Å². The van der Waals surface area contributed by atoms with Crippen LogP contribution >= 0.6 is 0 Å². The first-order valence-electron chi connectivity index (χ1n) is 19.9. The van der Waals surface area contributed by atoms with Gasteiger partial charge in [-0.05, 0) is 139 Å². The fourth-order valence-corrected chi connectivity index (χ4v) is 7.22. The molecule has 12 heteroatoms. The van der Waals surface area contributed by atoms with Gasteiger partial charge in [-0.15, -0.1) is 0 Å². The minimum atomic E-state index is -0.419. The van der Waals surface area contributed by atoms with Crippen molar-refractivity contribution in [1.82, 2.24) is 18.9 Å². The van der Waals surface area contributed by atoms with E-state index in [-0.39, 0.29) is 11.1 Å². The summed E-state index contributed by atoms with van der Waals surface area (Å²) in [5, 5.41) is 39.1. The van der Waals surface area contributed by atoms with Gasteiger partial charge < -0.3 is 19.3 Å². The topological polar surface area (TPSA) is 164 Å². The van der Waals surface area contributed by atoms with Gasteiger partial charge in [0, 0.05) is 36.0 Å². The van der Waals surface area contributed by atoms with Gasteiger partial charge in [-0.3, -0.25) is 18.7 Å². The van der Waals surface area contributed by atoms with Crippen LogP contribution in [0, 0.1) is 59.2 Å². The molecule has 1 fully saturated rings. The Bertz CT molecular complexity index is 2840. The predicted octanol–water partition coefficient (Wildman–Crippen LogP) is 7.28. The average Bonchev–Trinajstić information content (AvgIpc) is 3.78. The van der Waals surface area contributed by atoms with Crippen molar-refractivity contribution in [2.45, 2.75) is 39.5 Å². The Labute approximate surface area is 349 Å². The van der Waals surface area contributed by atoms with Crippen molar-refractivity contribution in [2.24, 2.45) is 0 Å². The summed E-state index contributed by atoms with van der Waals surface area (Å²) >= 11 is 0. The predicted molar refractivity (Wildman–Crippen MR) is 232 cm³/mol. The molecule has 0 bridgehead atoms. The Morgan fingerprint density at radius 2 is 1.03 bits per heavy atom. The quantitative estimate of drug-likeness (QED) is 0.115. The van der Waals surface area contributed by atoms with Crippen LogP contribution in [0.4, 0.5) is 0 Å². The molecule has 0 aliphatic carbocycles. The van der Waals surface area contributed by atoms with E-state index in [1.807, 2.05) is 76.5 Å². The fourth-order valence-electron chi connectivity index (χ4n) is 7.22. The molecular weight excluding hydrogens is 753 g/mol. The zero-order chi connectivity index (χ0) is 42.8. The normalized spacial score (nSPS) is 12.3. The summed E-state index contributed by atoms with van der Waals surface area (Å²) in [4.78, 5) is 30.5. The van der Waals surface area contributed by atoms with Crippen molar-refractivity contribution in [3.63, 3.8) is 0 Å². The van der Waals surface area contributed by atoms with Crippen LogP contribution in [0.15, 0.2) is 94.5 Å². The molecule has 60 heavy (non-hydrogen) atoms. The molecule has 302 valence electrons. The number of aromatic nitrogens is 2. The monoisotopic (exact) mass is 798 g/mol. The SMILES string of the molecule is Cc1ccc(-n2c(=O)c(C#N)cc3ccc(OCCCN(C)C)cc32)cc1C#N.Cc1ccc(-n2c(=O)c(C#N)cc3ccc(OCCCN4CCCC4)cc32)cc1C#N. The van der Waals surface area contributed by atoms with Gasteiger partial charge in [0.05, 0.1) is 58.9 Å². The van der Waals surface area contributed by atoms with Gasteiger partial charge in [-0.25, -0.2) is 0 Å². The van der Waals surface area contributed by atoms with Gasteiger partial charge in [0.15, 0.2) is 0 Å². The lowest BCUT2D eigenvalue weighted by molar-refractivity contribution is 0.263. The molecule has 0 N–H and O–H groups in total.